The second kappa shape index (κ2) is 9.26. The molecule has 1 amide bonds. The lowest BCUT2D eigenvalue weighted by atomic mass is 10.0. The Morgan fingerprint density at radius 3 is 2.41 bits per heavy atom. The summed E-state index contributed by atoms with van der Waals surface area (Å²) in [7, 11) is 1.76. The zero-order chi connectivity index (χ0) is 24.6. The molecule has 0 bridgehead atoms. The molecule has 0 saturated carbocycles. The van der Waals surface area contributed by atoms with Crippen LogP contribution in [0.25, 0.3) is 0 Å². The van der Waals surface area contributed by atoms with Crippen LogP contribution in [0.4, 0.5) is 30.2 Å². The minimum Gasteiger partial charge on any atom is -0.480 e. The Morgan fingerprint density at radius 2 is 1.76 bits per heavy atom. The number of aliphatic carboxylic acids is 1. The predicted octanol–water partition coefficient (Wildman–Crippen LogP) is 4.73. The zero-order valence-electron chi connectivity index (χ0n) is 17.9. The average molecular weight is 490 g/mol. The maximum atomic E-state index is 14.5. The molecule has 10 heteroatoms. The van der Waals surface area contributed by atoms with Gasteiger partial charge < -0.3 is 20.2 Å². The number of benzene rings is 3. The van der Waals surface area contributed by atoms with Crippen molar-refractivity contribution in [2.45, 2.75) is 12.5 Å². The molecule has 34 heavy (non-hydrogen) atoms. The summed E-state index contributed by atoms with van der Waals surface area (Å²) in [5, 5.41) is 11.7. The molecule has 1 aliphatic rings. The molecular formula is C24H19ClF3N3O3. The van der Waals surface area contributed by atoms with E-state index in [0.29, 0.717) is 23.6 Å². The third kappa shape index (κ3) is 4.38. The van der Waals surface area contributed by atoms with Gasteiger partial charge in [-0.3, -0.25) is 4.79 Å². The fourth-order valence-corrected chi connectivity index (χ4v) is 4.11. The highest BCUT2D eigenvalue weighted by molar-refractivity contribution is 6.33. The molecule has 0 aliphatic carbocycles. The van der Waals surface area contributed by atoms with Crippen LogP contribution in [0.2, 0.25) is 5.02 Å². The Bertz CT molecular complexity index is 1250. The van der Waals surface area contributed by atoms with E-state index in [1.165, 1.54) is 18.2 Å². The SMILES string of the molecule is CN1CN(c2ccc(C[C@H](NC(=O)c3c(F)cccc3Cl)C(=O)O)cc2)c2c1ccc(F)c2F. The van der Waals surface area contributed by atoms with Crippen LogP contribution in [-0.4, -0.2) is 36.7 Å². The first kappa shape index (κ1) is 23.4. The summed E-state index contributed by atoms with van der Waals surface area (Å²) in [4.78, 5) is 27.6. The Morgan fingerprint density at radius 1 is 1.06 bits per heavy atom. The third-order valence-corrected chi connectivity index (χ3v) is 5.88. The van der Waals surface area contributed by atoms with Crippen molar-refractivity contribution in [3.05, 3.63) is 88.2 Å². The molecule has 176 valence electrons. The Hall–Kier alpha value is -3.72. The van der Waals surface area contributed by atoms with E-state index in [2.05, 4.69) is 5.32 Å². The van der Waals surface area contributed by atoms with Crippen LogP contribution < -0.4 is 15.1 Å². The standard InChI is InChI=1S/C24H19ClF3N3O3/c1-30-12-31(22-19(30)10-9-17(27)21(22)28)14-7-5-13(6-8-14)11-18(24(33)34)29-23(32)20-15(25)3-2-4-16(20)26/h2-10,18H,11-12H2,1H3,(H,29,32)(H,33,34)/t18-/m0/s1. The molecule has 1 aliphatic heterocycles. The van der Waals surface area contributed by atoms with Gasteiger partial charge in [0, 0.05) is 19.2 Å². The minimum atomic E-state index is -1.35. The van der Waals surface area contributed by atoms with E-state index >= 15 is 0 Å². The summed E-state index contributed by atoms with van der Waals surface area (Å²) in [5.41, 5.74) is 1.37. The van der Waals surface area contributed by atoms with Gasteiger partial charge in [-0.2, -0.15) is 0 Å². The number of carboxylic acids is 1. The number of halogens is 4. The number of carbonyl (C=O) groups is 2. The Balaban J connectivity index is 1.53. The molecule has 1 atom stereocenters. The van der Waals surface area contributed by atoms with Crippen molar-refractivity contribution in [3.63, 3.8) is 0 Å². The number of carbonyl (C=O) groups excluding carboxylic acids is 1. The first-order valence-corrected chi connectivity index (χ1v) is 10.6. The molecule has 0 saturated heterocycles. The molecule has 0 unspecified atom stereocenters. The number of nitrogens with zero attached hydrogens (tertiary/aromatic N) is 2. The fraction of sp³-hybridized carbons (Fsp3) is 0.167. The number of hydrogen-bond acceptors (Lipinski definition) is 4. The van der Waals surface area contributed by atoms with Gasteiger partial charge in [-0.15, -0.1) is 0 Å². The van der Waals surface area contributed by atoms with Crippen LogP contribution in [-0.2, 0) is 11.2 Å². The highest BCUT2D eigenvalue weighted by atomic mass is 35.5. The van der Waals surface area contributed by atoms with Gasteiger partial charge in [0.15, 0.2) is 11.6 Å². The van der Waals surface area contributed by atoms with Crippen molar-refractivity contribution in [2.75, 3.05) is 23.5 Å². The van der Waals surface area contributed by atoms with E-state index in [1.54, 1.807) is 41.1 Å². The van der Waals surface area contributed by atoms with Crippen LogP contribution >= 0.6 is 11.6 Å². The smallest absolute Gasteiger partial charge is 0.326 e. The van der Waals surface area contributed by atoms with Gasteiger partial charge in [0.05, 0.1) is 22.9 Å². The lowest BCUT2D eigenvalue weighted by molar-refractivity contribution is -0.139. The lowest BCUT2D eigenvalue weighted by Crippen LogP contribution is -2.42. The first-order chi connectivity index (χ1) is 16.2. The van der Waals surface area contributed by atoms with Crippen LogP contribution in [0.1, 0.15) is 15.9 Å². The molecule has 0 radical (unpaired) electrons. The number of hydrogen-bond donors (Lipinski definition) is 2. The largest absolute Gasteiger partial charge is 0.480 e. The summed E-state index contributed by atoms with van der Waals surface area (Å²) in [6, 6.07) is 11.5. The molecule has 4 rings (SSSR count). The van der Waals surface area contributed by atoms with E-state index in [-0.39, 0.29) is 17.1 Å². The fourth-order valence-electron chi connectivity index (χ4n) is 3.86. The van der Waals surface area contributed by atoms with E-state index in [9.17, 15) is 27.9 Å². The van der Waals surface area contributed by atoms with Gasteiger partial charge in [0.1, 0.15) is 17.5 Å². The van der Waals surface area contributed by atoms with Gasteiger partial charge in [-0.05, 0) is 42.0 Å². The summed E-state index contributed by atoms with van der Waals surface area (Å²) in [5.74, 6) is -5.02. The van der Waals surface area contributed by atoms with E-state index in [0.717, 1.165) is 12.1 Å². The van der Waals surface area contributed by atoms with Crippen molar-refractivity contribution in [2.24, 2.45) is 0 Å². The maximum Gasteiger partial charge on any atom is 0.326 e. The van der Waals surface area contributed by atoms with Gasteiger partial charge in [0.2, 0.25) is 0 Å². The summed E-state index contributed by atoms with van der Waals surface area (Å²) >= 11 is 5.89. The molecule has 3 aromatic rings. The van der Waals surface area contributed by atoms with Gasteiger partial charge >= 0.3 is 5.97 Å². The molecule has 0 spiro atoms. The highest BCUT2D eigenvalue weighted by Gasteiger charge is 2.30. The number of anilines is 3. The molecular weight excluding hydrogens is 471 g/mol. The monoisotopic (exact) mass is 489 g/mol. The summed E-state index contributed by atoms with van der Waals surface area (Å²) in [6.07, 6.45) is -0.0904. The normalized spacial score (nSPS) is 13.6. The van der Waals surface area contributed by atoms with Gasteiger partial charge in [-0.1, -0.05) is 29.8 Å². The Labute approximate surface area is 198 Å². The number of carboxylic acid groups (broad SMARTS) is 1. The Kier molecular flexibility index (Phi) is 6.39. The van der Waals surface area contributed by atoms with Crippen molar-refractivity contribution in [3.8, 4) is 0 Å². The van der Waals surface area contributed by atoms with Crippen molar-refractivity contribution in [1.29, 1.82) is 0 Å². The van der Waals surface area contributed by atoms with E-state index in [4.69, 9.17) is 11.6 Å². The quantitative estimate of drug-likeness (QED) is 0.524. The zero-order valence-corrected chi connectivity index (χ0v) is 18.6. The molecule has 3 aromatic carbocycles. The van der Waals surface area contributed by atoms with Crippen molar-refractivity contribution in [1.82, 2.24) is 5.32 Å². The maximum absolute atomic E-state index is 14.5. The number of amides is 1. The van der Waals surface area contributed by atoms with Gasteiger partial charge in [0.25, 0.3) is 5.91 Å². The first-order valence-electron chi connectivity index (χ1n) is 10.2. The molecule has 0 aromatic heterocycles. The minimum absolute atomic E-state index is 0.0904. The number of fused-ring (bicyclic) bond motifs is 1. The number of rotatable bonds is 6. The highest BCUT2D eigenvalue weighted by Crippen LogP contribution is 2.42. The summed E-state index contributed by atoms with van der Waals surface area (Å²) in [6.45, 7) is 0.298. The van der Waals surface area contributed by atoms with E-state index in [1.807, 2.05) is 0 Å². The molecule has 6 nitrogen and oxygen atoms in total. The predicted molar refractivity (Wildman–Crippen MR) is 122 cm³/mol. The number of nitrogens with one attached hydrogen (secondary N) is 1. The van der Waals surface area contributed by atoms with Crippen LogP contribution in [0, 0.1) is 17.5 Å². The van der Waals surface area contributed by atoms with Gasteiger partial charge in [-0.25, -0.2) is 18.0 Å². The van der Waals surface area contributed by atoms with Crippen molar-refractivity contribution < 1.29 is 27.9 Å². The molecule has 2 N–H and O–H groups in total. The van der Waals surface area contributed by atoms with Crippen molar-refractivity contribution >= 4 is 40.5 Å². The molecule has 1 heterocycles. The van der Waals surface area contributed by atoms with Crippen LogP contribution in [0.3, 0.4) is 0 Å². The third-order valence-electron chi connectivity index (χ3n) is 5.56. The summed E-state index contributed by atoms with van der Waals surface area (Å²) < 4.78 is 42.3. The second-order valence-electron chi connectivity index (χ2n) is 7.83. The van der Waals surface area contributed by atoms with E-state index < -0.39 is 40.9 Å². The van der Waals surface area contributed by atoms with Crippen LogP contribution in [0.5, 0.6) is 0 Å². The second-order valence-corrected chi connectivity index (χ2v) is 8.24. The topological polar surface area (TPSA) is 72.9 Å². The van der Waals surface area contributed by atoms with Crippen LogP contribution in [0.15, 0.2) is 54.6 Å². The average Bonchev–Trinajstić information content (AvgIpc) is 3.13. The lowest BCUT2D eigenvalue weighted by Gasteiger charge is -2.21. The molecule has 0 fully saturated rings.